The number of ketones is 1. The van der Waals surface area contributed by atoms with E-state index in [2.05, 4.69) is 0 Å². The van der Waals surface area contributed by atoms with Crippen LogP contribution in [0.5, 0.6) is 0 Å². The van der Waals surface area contributed by atoms with Crippen molar-refractivity contribution in [1.29, 1.82) is 0 Å². The van der Waals surface area contributed by atoms with Gasteiger partial charge in [0.15, 0.2) is 0 Å². The Bertz CT molecular complexity index is 302. The first-order chi connectivity index (χ1) is 6.27. The van der Waals surface area contributed by atoms with Crippen molar-refractivity contribution in [3.63, 3.8) is 0 Å². The molecular weight excluding hydrogens is 180 g/mol. The molecule has 0 fully saturated rings. The molecule has 0 amide bonds. The van der Waals surface area contributed by atoms with Crippen molar-refractivity contribution in [2.45, 2.75) is 39.7 Å². The van der Waals surface area contributed by atoms with Gasteiger partial charge in [-0.1, -0.05) is 13.8 Å². The molecule has 3 nitrogen and oxygen atoms in total. The first-order valence-electron chi connectivity index (χ1n) is 4.68. The van der Waals surface area contributed by atoms with Crippen LogP contribution in [0.1, 0.15) is 34.1 Å². The van der Waals surface area contributed by atoms with Crippen LogP contribution in [0.25, 0.3) is 0 Å². The Hall–Kier alpha value is -1.12. The molecule has 3 heteroatoms. The Morgan fingerprint density at radius 2 is 2.14 bits per heavy atom. The molecule has 1 rings (SSSR count). The first kappa shape index (κ1) is 11.0. The lowest BCUT2D eigenvalue weighted by Crippen LogP contribution is -2.42. The number of esters is 1. The van der Waals surface area contributed by atoms with Crippen LogP contribution in [0.3, 0.4) is 0 Å². The second kappa shape index (κ2) is 3.23. The lowest BCUT2D eigenvalue weighted by molar-refractivity contribution is -0.154. The first-order valence-corrected chi connectivity index (χ1v) is 4.68. The third-order valence-corrected chi connectivity index (χ3v) is 2.88. The predicted octanol–water partition coefficient (Wildman–Crippen LogP) is 1.86. The Labute approximate surface area is 84.1 Å². The number of cyclic esters (lactones) is 1. The van der Waals surface area contributed by atoms with Gasteiger partial charge >= 0.3 is 5.97 Å². The van der Waals surface area contributed by atoms with E-state index >= 15 is 0 Å². The third-order valence-electron chi connectivity index (χ3n) is 2.88. The highest BCUT2D eigenvalue weighted by Gasteiger charge is 2.45. The van der Waals surface area contributed by atoms with E-state index in [-0.39, 0.29) is 17.2 Å². The Balaban J connectivity index is 2.86. The van der Waals surface area contributed by atoms with Gasteiger partial charge in [0.05, 0.1) is 0 Å². The van der Waals surface area contributed by atoms with Gasteiger partial charge in [0.25, 0.3) is 0 Å². The second-order valence-electron chi connectivity index (χ2n) is 4.62. The molecular formula is C11H16O3. The van der Waals surface area contributed by atoms with Crippen molar-refractivity contribution in [2.24, 2.45) is 5.41 Å². The average molecular weight is 196 g/mol. The summed E-state index contributed by atoms with van der Waals surface area (Å²) in [5.41, 5.74) is -1.02. The molecule has 0 saturated heterocycles. The smallest absolute Gasteiger partial charge is 0.331 e. The van der Waals surface area contributed by atoms with Crippen LogP contribution in [-0.4, -0.2) is 17.4 Å². The molecule has 0 N–H and O–H groups in total. The SMILES string of the molecule is CC(=O)CC(C)(C)C1(C)C=CC(=O)O1. The van der Waals surface area contributed by atoms with Crippen LogP contribution in [0.2, 0.25) is 0 Å². The summed E-state index contributed by atoms with van der Waals surface area (Å²) in [6.45, 7) is 7.23. The Morgan fingerprint density at radius 3 is 2.50 bits per heavy atom. The number of hydrogen-bond donors (Lipinski definition) is 0. The highest BCUT2D eigenvalue weighted by Crippen LogP contribution is 2.40. The van der Waals surface area contributed by atoms with Gasteiger partial charge in [0, 0.05) is 17.9 Å². The highest BCUT2D eigenvalue weighted by atomic mass is 16.6. The van der Waals surface area contributed by atoms with Crippen molar-refractivity contribution in [3.05, 3.63) is 12.2 Å². The van der Waals surface area contributed by atoms with E-state index in [1.165, 1.54) is 6.08 Å². The summed E-state index contributed by atoms with van der Waals surface area (Å²) in [4.78, 5) is 22.1. The number of carbonyl (C=O) groups excluding carboxylic acids is 2. The molecule has 0 aliphatic carbocycles. The minimum Gasteiger partial charge on any atom is -0.451 e. The van der Waals surface area contributed by atoms with Crippen LogP contribution >= 0.6 is 0 Å². The van der Waals surface area contributed by atoms with E-state index in [1.54, 1.807) is 13.0 Å². The van der Waals surface area contributed by atoms with Crippen molar-refractivity contribution in [1.82, 2.24) is 0 Å². The lowest BCUT2D eigenvalue weighted by atomic mass is 9.73. The largest absolute Gasteiger partial charge is 0.451 e. The molecule has 1 heterocycles. The molecule has 78 valence electrons. The number of rotatable bonds is 3. The average Bonchev–Trinajstić information content (AvgIpc) is 2.29. The third kappa shape index (κ3) is 1.86. The van der Waals surface area contributed by atoms with E-state index in [1.807, 2.05) is 20.8 Å². The summed E-state index contributed by atoms with van der Waals surface area (Å²) in [5.74, 6) is -0.225. The summed E-state index contributed by atoms with van der Waals surface area (Å²) in [5, 5.41) is 0. The minimum absolute atomic E-state index is 0.104. The van der Waals surface area contributed by atoms with Gasteiger partial charge in [-0.2, -0.15) is 0 Å². The van der Waals surface area contributed by atoms with Crippen LogP contribution in [0, 0.1) is 5.41 Å². The lowest BCUT2D eigenvalue weighted by Gasteiger charge is -2.38. The molecule has 1 unspecified atom stereocenters. The van der Waals surface area contributed by atoms with Crippen molar-refractivity contribution >= 4 is 11.8 Å². The predicted molar refractivity (Wildman–Crippen MR) is 52.7 cm³/mol. The molecule has 0 radical (unpaired) electrons. The van der Waals surface area contributed by atoms with Gasteiger partial charge in [-0.3, -0.25) is 0 Å². The topological polar surface area (TPSA) is 43.4 Å². The fraction of sp³-hybridized carbons (Fsp3) is 0.636. The van der Waals surface area contributed by atoms with E-state index in [4.69, 9.17) is 4.74 Å². The van der Waals surface area contributed by atoms with Gasteiger partial charge in [-0.25, -0.2) is 4.79 Å². The molecule has 14 heavy (non-hydrogen) atoms. The fourth-order valence-corrected chi connectivity index (χ4v) is 1.67. The zero-order valence-electron chi connectivity index (χ0n) is 9.09. The number of Topliss-reactive ketones (excluding diaryl/α,β-unsaturated/α-hetero) is 1. The van der Waals surface area contributed by atoms with Crippen LogP contribution < -0.4 is 0 Å². The van der Waals surface area contributed by atoms with Gasteiger partial charge < -0.3 is 9.53 Å². The maximum absolute atomic E-state index is 11.1. The monoisotopic (exact) mass is 196 g/mol. The zero-order chi connectivity index (χ0) is 11.0. The number of ether oxygens (including phenoxy) is 1. The summed E-state index contributed by atoms with van der Waals surface area (Å²) in [6, 6.07) is 0. The molecule has 1 aliphatic heterocycles. The quantitative estimate of drug-likeness (QED) is 0.647. The molecule has 0 aromatic rings. The molecule has 0 spiro atoms. The molecule has 0 aromatic heterocycles. The molecule has 1 atom stereocenters. The maximum atomic E-state index is 11.1. The fourth-order valence-electron chi connectivity index (χ4n) is 1.67. The van der Waals surface area contributed by atoms with Crippen LogP contribution in [-0.2, 0) is 14.3 Å². The van der Waals surface area contributed by atoms with Gasteiger partial charge in [-0.05, 0) is 19.9 Å². The summed E-state index contributed by atoms with van der Waals surface area (Å²) < 4.78 is 5.21. The molecule has 1 aliphatic rings. The van der Waals surface area contributed by atoms with E-state index in [9.17, 15) is 9.59 Å². The minimum atomic E-state index is -0.657. The summed E-state index contributed by atoms with van der Waals surface area (Å²) >= 11 is 0. The van der Waals surface area contributed by atoms with E-state index < -0.39 is 5.60 Å². The maximum Gasteiger partial charge on any atom is 0.331 e. The molecule has 0 aromatic carbocycles. The van der Waals surface area contributed by atoms with Gasteiger partial charge in [0.2, 0.25) is 0 Å². The van der Waals surface area contributed by atoms with Crippen molar-refractivity contribution in [2.75, 3.05) is 0 Å². The van der Waals surface area contributed by atoms with Gasteiger partial charge in [0.1, 0.15) is 11.4 Å². The van der Waals surface area contributed by atoms with Crippen molar-refractivity contribution in [3.8, 4) is 0 Å². The summed E-state index contributed by atoms with van der Waals surface area (Å²) in [6.07, 6.45) is 3.56. The highest BCUT2D eigenvalue weighted by molar-refractivity contribution is 5.85. The van der Waals surface area contributed by atoms with Crippen LogP contribution in [0.15, 0.2) is 12.2 Å². The number of hydrogen-bond acceptors (Lipinski definition) is 3. The summed E-state index contributed by atoms with van der Waals surface area (Å²) in [7, 11) is 0. The number of carbonyl (C=O) groups is 2. The Kier molecular flexibility index (Phi) is 2.52. The van der Waals surface area contributed by atoms with Crippen LogP contribution in [0.4, 0.5) is 0 Å². The Morgan fingerprint density at radius 1 is 1.57 bits per heavy atom. The zero-order valence-corrected chi connectivity index (χ0v) is 9.09. The van der Waals surface area contributed by atoms with Crippen molar-refractivity contribution < 1.29 is 14.3 Å². The normalized spacial score (nSPS) is 26.4. The van der Waals surface area contributed by atoms with E-state index in [0.29, 0.717) is 6.42 Å². The standard InChI is InChI=1S/C11H16O3/c1-8(12)7-10(2,3)11(4)6-5-9(13)14-11/h5-6H,7H2,1-4H3. The molecule has 0 saturated carbocycles. The van der Waals surface area contributed by atoms with E-state index in [0.717, 1.165) is 0 Å². The molecule has 0 bridgehead atoms. The second-order valence-corrected chi connectivity index (χ2v) is 4.62. The van der Waals surface area contributed by atoms with Gasteiger partial charge in [-0.15, -0.1) is 0 Å².